The number of halogens is 1. The van der Waals surface area contributed by atoms with Crippen molar-refractivity contribution in [3.05, 3.63) is 35.9 Å². The van der Waals surface area contributed by atoms with Gasteiger partial charge in [-0.25, -0.2) is 0 Å². The van der Waals surface area contributed by atoms with Gasteiger partial charge in [-0.15, -0.1) is 23.4 Å². The molecule has 1 aromatic carbocycles. The molecule has 0 fully saturated rings. The lowest BCUT2D eigenvalue weighted by Gasteiger charge is -2.15. The maximum Gasteiger partial charge on any atom is 0.0413 e. The Kier molecular flexibility index (Phi) is 2.43. The Hall–Kier alpha value is -0.400. The largest absolute Gasteiger partial charge is 0.125 e. The lowest BCUT2D eigenvalue weighted by molar-refractivity contribution is 1.23. The summed E-state index contributed by atoms with van der Waals surface area (Å²) in [5.41, 5.74) is 1.31. The standard InChI is InChI=1S/C10H9ClS/c11-7-9-6-5-8-3-1-2-4-10(8)12-9/h1-6,9H,7H2. The van der Waals surface area contributed by atoms with Crippen LogP contribution >= 0.6 is 23.4 Å². The van der Waals surface area contributed by atoms with Gasteiger partial charge >= 0.3 is 0 Å². The van der Waals surface area contributed by atoms with Crippen LogP contribution in [0.15, 0.2) is 35.2 Å². The first-order chi connectivity index (χ1) is 5.90. The average molecular weight is 197 g/mol. The summed E-state index contributed by atoms with van der Waals surface area (Å²) >= 11 is 7.61. The molecule has 0 N–H and O–H groups in total. The number of fused-ring (bicyclic) bond motifs is 1. The van der Waals surface area contributed by atoms with Crippen molar-refractivity contribution < 1.29 is 0 Å². The molecule has 2 rings (SSSR count). The second-order valence-corrected chi connectivity index (χ2v) is 4.30. The first kappa shape index (κ1) is 8.21. The Bertz CT molecular complexity index is 306. The van der Waals surface area contributed by atoms with Gasteiger partial charge in [0.1, 0.15) is 0 Å². The number of alkyl halides is 1. The quantitative estimate of drug-likeness (QED) is 0.621. The van der Waals surface area contributed by atoms with E-state index in [0.29, 0.717) is 11.1 Å². The predicted molar refractivity (Wildman–Crippen MR) is 55.8 cm³/mol. The van der Waals surface area contributed by atoms with E-state index < -0.39 is 0 Å². The molecule has 0 bridgehead atoms. The van der Waals surface area contributed by atoms with E-state index in [4.69, 9.17) is 11.6 Å². The van der Waals surface area contributed by atoms with Gasteiger partial charge in [0.25, 0.3) is 0 Å². The molecule has 62 valence electrons. The minimum Gasteiger partial charge on any atom is -0.125 e. The number of hydrogen-bond donors (Lipinski definition) is 0. The van der Waals surface area contributed by atoms with Crippen LogP contribution in [-0.2, 0) is 0 Å². The van der Waals surface area contributed by atoms with Crippen molar-refractivity contribution in [2.24, 2.45) is 0 Å². The third kappa shape index (κ3) is 1.52. The van der Waals surface area contributed by atoms with Crippen molar-refractivity contribution in [1.29, 1.82) is 0 Å². The van der Waals surface area contributed by atoms with Crippen molar-refractivity contribution in [2.45, 2.75) is 10.1 Å². The van der Waals surface area contributed by atoms with Crippen LogP contribution in [0.4, 0.5) is 0 Å². The van der Waals surface area contributed by atoms with Gasteiger partial charge in [-0.3, -0.25) is 0 Å². The fourth-order valence-corrected chi connectivity index (χ4v) is 2.49. The molecule has 1 aromatic rings. The molecular formula is C10H9ClS. The lowest BCUT2D eigenvalue weighted by Crippen LogP contribution is -2.03. The van der Waals surface area contributed by atoms with Crippen LogP contribution in [0.3, 0.4) is 0 Å². The second kappa shape index (κ2) is 3.55. The zero-order chi connectivity index (χ0) is 8.39. The van der Waals surface area contributed by atoms with Gasteiger partial charge in [0.15, 0.2) is 0 Å². The topological polar surface area (TPSA) is 0 Å². The van der Waals surface area contributed by atoms with Gasteiger partial charge in [0.05, 0.1) is 0 Å². The van der Waals surface area contributed by atoms with Crippen LogP contribution in [0.1, 0.15) is 5.56 Å². The van der Waals surface area contributed by atoms with E-state index in [1.54, 1.807) is 0 Å². The van der Waals surface area contributed by atoms with Gasteiger partial charge < -0.3 is 0 Å². The maximum atomic E-state index is 5.77. The number of rotatable bonds is 1. The van der Waals surface area contributed by atoms with Crippen molar-refractivity contribution in [3.8, 4) is 0 Å². The molecule has 1 unspecified atom stereocenters. The summed E-state index contributed by atoms with van der Waals surface area (Å²) in [6, 6.07) is 8.40. The number of hydrogen-bond acceptors (Lipinski definition) is 1. The summed E-state index contributed by atoms with van der Waals surface area (Å²) in [4.78, 5) is 1.34. The molecule has 2 heteroatoms. The third-order valence-corrected chi connectivity index (χ3v) is 3.61. The van der Waals surface area contributed by atoms with Gasteiger partial charge in [-0.1, -0.05) is 30.4 Å². The first-order valence-electron chi connectivity index (χ1n) is 3.90. The predicted octanol–water partition coefficient (Wildman–Crippen LogP) is 3.41. The molecule has 1 aliphatic rings. The Labute approximate surface area is 81.6 Å². The summed E-state index contributed by atoms with van der Waals surface area (Å²) in [5.74, 6) is 0.690. The average Bonchev–Trinajstić information content (AvgIpc) is 2.17. The van der Waals surface area contributed by atoms with E-state index in [9.17, 15) is 0 Å². The highest BCUT2D eigenvalue weighted by Gasteiger charge is 2.11. The summed E-state index contributed by atoms with van der Waals surface area (Å²) in [6.45, 7) is 0. The Morgan fingerprint density at radius 3 is 3.00 bits per heavy atom. The second-order valence-electron chi connectivity index (χ2n) is 2.71. The zero-order valence-corrected chi connectivity index (χ0v) is 8.11. The van der Waals surface area contributed by atoms with Crippen LogP contribution in [0.5, 0.6) is 0 Å². The minimum atomic E-state index is 0.446. The Morgan fingerprint density at radius 1 is 1.33 bits per heavy atom. The van der Waals surface area contributed by atoms with E-state index in [2.05, 4.69) is 36.4 Å². The smallest absolute Gasteiger partial charge is 0.0413 e. The summed E-state index contributed by atoms with van der Waals surface area (Å²) in [6.07, 6.45) is 4.32. The van der Waals surface area contributed by atoms with Gasteiger partial charge in [0.2, 0.25) is 0 Å². The van der Waals surface area contributed by atoms with E-state index in [1.165, 1.54) is 10.5 Å². The van der Waals surface area contributed by atoms with Gasteiger partial charge in [-0.2, -0.15) is 0 Å². The summed E-state index contributed by atoms with van der Waals surface area (Å²) < 4.78 is 0. The van der Waals surface area contributed by atoms with Crippen molar-refractivity contribution in [2.75, 3.05) is 5.88 Å². The molecule has 1 atom stereocenters. The van der Waals surface area contributed by atoms with Crippen LogP contribution in [0, 0.1) is 0 Å². The molecule has 1 heterocycles. The third-order valence-electron chi connectivity index (χ3n) is 1.84. The molecule has 12 heavy (non-hydrogen) atoms. The highest BCUT2D eigenvalue weighted by molar-refractivity contribution is 8.00. The molecule has 0 radical (unpaired) electrons. The molecule has 0 aliphatic carbocycles. The summed E-state index contributed by atoms with van der Waals surface area (Å²) in [5, 5.41) is 0.446. The first-order valence-corrected chi connectivity index (χ1v) is 5.31. The van der Waals surface area contributed by atoms with E-state index in [1.807, 2.05) is 11.8 Å². The van der Waals surface area contributed by atoms with E-state index in [-0.39, 0.29) is 0 Å². The van der Waals surface area contributed by atoms with Crippen LogP contribution in [0.25, 0.3) is 6.08 Å². The highest BCUT2D eigenvalue weighted by Crippen LogP contribution is 2.33. The van der Waals surface area contributed by atoms with E-state index >= 15 is 0 Å². The zero-order valence-electron chi connectivity index (χ0n) is 6.53. The normalized spacial score (nSPS) is 20.6. The van der Waals surface area contributed by atoms with Crippen LogP contribution in [-0.4, -0.2) is 11.1 Å². The molecule has 0 spiro atoms. The fraction of sp³-hybridized carbons (Fsp3) is 0.200. The Morgan fingerprint density at radius 2 is 2.17 bits per heavy atom. The monoisotopic (exact) mass is 196 g/mol. The fourth-order valence-electron chi connectivity index (χ4n) is 1.22. The molecule has 0 nitrogen and oxygen atoms in total. The van der Waals surface area contributed by atoms with E-state index in [0.717, 1.165) is 0 Å². The molecular weight excluding hydrogens is 188 g/mol. The number of thioether (sulfide) groups is 1. The molecule has 0 saturated carbocycles. The molecule has 0 saturated heterocycles. The lowest BCUT2D eigenvalue weighted by atomic mass is 10.2. The van der Waals surface area contributed by atoms with Crippen LogP contribution < -0.4 is 0 Å². The minimum absolute atomic E-state index is 0.446. The maximum absolute atomic E-state index is 5.77. The highest BCUT2D eigenvalue weighted by atomic mass is 35.5. The number of benzene rings is 1. The van der Waals surface area contributed by atoms with Crippen molar-refractivity contribution >= 4 is 29.4 Å². The molecule has 0 amide bonds. The van der Waals surface area contributed by atoms with Crippen molar-refractivity contribution in [1.82, 2.24) is 0 Å². The van der Waals surface area contributed by atoms with Crippen LogP contribution in [0.2, 0.25) is 0 Å². The van der Waals surface area contributed by atoms with Gasteiger partial charge in [-0.05, 0) is 11.6 Å². The van der Waals surface area contributed by atoms with Gasteiger partial charge in [0, 0.05) is 16.0 Å². The SMILES string of the molecule is ClCC1C=Cc2ccccc2S1. The molecule has 0 aromatic heterocycles. The molecule has 1 aliphatic heterocycles. The van der Waals surface area contributed by atoms with Crippen molar-refractivity contribution in [3.63, 3.8) is 0 Å². The summed E-state index contributed by atoms with van der Waals surface area (Å²) in [7, 11) is 0. The Balaban J connectivity index is 2.33.